The topological polar surface area (TPSA) is 68.0 Å². The molecule has 22 heavy (non-hydrogen) atoms. The number of thiophene rings is 1. The molecule has 0 bridgehead atoms. The quantitative estimate of drug-likeness (QED) is 0.797. The highest BCUT2D eigenvalue weighted by molar-refractivity contribution is 7.16. The van der Waals surface area contributed by atoms with Crippen LogP contribution in [0.2, 0.25) is 0 Å². The molecule has 5 nitrogen and oxygen atoms in total. The zero-order chi connectivity index (χ0) is 15.7. The van der Waals surface area contributed by atoms with Crippen LogP contribution in [-0.2, 0) is 0 Å². The van der Waals surface area contributed by atoms with Gasteiger partial charge in [-0.1, -0.05) is 17.3 Å². The van der Waals surface area contributed by atoms with E-state index in [1.807, 2.05) is 6.92 Å². The summed E-state index contributed by atoms with van der Waals surface area (Å²) in [7, 11) is 0. The Labute approximate surface area is 129 Å². The molecule has 0 saturated heterocycles. The first-order chi connectivity index (χ1) is 10.5. The molecule has 0 aliphatic rings. The van der Waals surface area contributed by atoms with Gasteiger partial charge in [-0.2, -0.15) is 4.98 Å². The van der Waals surface area contributed by atoms with Crippen molar-refractivity contribution in [1.82, 2.24) is 10.1 Å². The lowest BCUT2D eigenvalue weighted by Gasteiger charge is -2.04. The Morgan fingerprint density at radius 1 is 1.32 bits per heavy atom. The number of aryl methyl sites for hydroxylation is 2. The molecule has 7 heteroatoms. The highest BCUT2D eigenvalue weighted by Crippen LogP contribution is 2.33. The van der Waals surface area contributed by atoms with Gasteiger partial charge in [0.15, 0.2) is 0 Å². The maximum atomic E-state index is 13.6. The molecule has 112 valence electrons. The summed E-state index contributed by atoms with van der Waals surface area (Å²) >= 11 is 1.43. The lowest BCUT2D eigenvalue weighted by atomic mass is 10.2. The van der Waals surface area contributed by atoms with Gasteiger partial charge in [-0.3, -0.25) is 4.79 Å². The predicted molar refractivity (Wildman–Crippen MR) is 81.4 cm³/mol. The van der Waals surface area contributed by atoms with Crippen LogP contribution in [0.4, 0.5) is 10.1 Å². The molecule has 3 rings (SSSR count). The number of benzene rings is 1. The fraction of sp³-hybridized carbons (Fsp3) is 0.133. The Balaban J connectivity index is 1.86. The third-order valence-electron chi connectivity index (χ3n) is 3.03. The Morgan fingerprint density at radius 2 is 2.09 bits per heavy atom. The van der Waals surface area contributed by atoms with E-state index in [9.17, 15) is 9.18 Å². The van der Waals surface area contributed by atoms with E-state index < -0.39 is 11.7 Å². The standard InChI is InChI=1S/C15H12FN3O2S/c1-8-12(7-13(22-8)14-17-9(2)21-19-14)18-15(20)10-5-3-4-6-11(10)16/h3-7H,1-2H3,(H,18,20). The van der Waals surface area contributed by atoms with Crippen LogP contribution in [0.5, 0.6) is 0 Å². The van der Waals surface area contributed by atoms with E-state index in [0.717, 1.165) is 9.75 Å². The number of hydrogen-bond acceptors (Lipinski definition) is 5. The minimum absolute atomic E-state index is 0.00468. The molecule has 0 aliphatic heterocycles. The molecule has 0 spiro atoms. The second-order valence-corrected chi connectivity index (χ2v) is 5.91. The smallest absolute Gasteiger partial charge is 0.258 e. The summed E-state index contributed by atoms with van der Waals surface area (Å²) in [6.45, 7) is 3.57. The third kappa shape index (κ3) is 2.75. The minimum atomic E-state index is -0.554. The minimum Gasteiger partial charge on any atom is -0.339 e. The zero-order valence-electron chi connectivity index (χ0n) is 11.9. The molecular formula is C15H12FN3O2S. The zero-order valence-corrected chi connectivity index (χ0v) is 12.7. The second-order valence-electron chi connectivity index (χ2n) is 4.65. The Bertz CT molecular complexity index is 841. The second kappa shape index (κ2) is 5.69. The number of nitrogens with one attached hydrogen (secondary N) is 1. The van der Waals surface area contributed by atoms with Crippen molar-refractivity contribution in [3.63, 3.8) is 0 Å². The van der Waals surface area contributed by atoms with Crippen molar-refractivity contribution >= 4 is 22.9 Å². The van der Waals surface area contributed by atoms with Gasteiger partial charge >= 0.3 is 0 Å². The lowest BCUT2D eigenvalue weighted by Crippen LogP contribution is -2.13. The van der Waals surface area contributed by atoms with Crippen LogP contribution in [0, 0.1) is 19.7 Å². The predicted octanol–water partition coefficient (Wildman–Crippen LogP) is 3.81. The average molecular weight is 317 g/mol. The molecular weight excluding hydrogens is 305 g/mol. The van der Waals surface area contributed by atoms with Crippen LogP contribution in [0.25, 0.3) is 10.7 Å². The van der Waals surface area contributed by atoms with E-state index in [4.69, 9.17) is 4.52 Å². The van der Waals surface area contributed by atoms with Gasteiger partial charge in [-0.15, -0.1) is 11.3 Å². The third-order valence-corrected chi connectivity index (χ3v) is 4.08. The van der Waals surface area contributed by atoms with Gasteiger partial charge < -0.3 is 9.84 Å². The van der Waals surface area contributed by atoms with Crippen LogP contribution in [0.3, 0.4) is 0 Å². The van der Waals surface area contributed by atoms with Crippen LogP contribution < -0.4 is 5.32 Å². The molecule has 3 aromatic rings. The number of nitrogens with zero attached hydrogens (tertiary/aromatic N) is 2. The molecule has 0 unspecified atom stereocenters. The van der Waals surface area contributed by atoms with Gasteiger partial charge in [-0.05, 0) is 25.1 Å². The van der Waals surface area contributed by atoms with Crippen molar-refractivity contribution in [3.05, 3.63) is 52.5 Å². The van der Waals surface area contributed by atoms with Crippen LogP contribution in [0.1, 0.15) is 21.1 Å². The first-order valence-corrected chi connectivity index (χ1v) is 7.33. The molecule has 2 heterocycles. The van der Waals surface area contributed by atoms with E-state index in [1.54, 1.807) is 25.1 Å². The summed E-state index contributed by atoms with van der Waals surface area (Å²) in [5.74, 6) is -0.105. The van der Waals surface area contributed by atoms with Gasteiger partial charge in [0.1, 0.15) is 5.82 Å². The normalized spacial score (nSPS) is 10.7. The monoisotopic (exact) mass is 317 g/mol. The highest BCUT2D eigenvalue weighted by Gasteiger charge is 2.16. The van der Waals surface area contributed by atoms with Crippen molar-refractivity contribution < 1.29 is 13.7 Å². The summed E-state index contributed by atoms with van der Waals surface area (Å²) in [6, 6.07) is 7.60. The van der Waals surface area contributed by atoms with E-state index in [0.29, 0.717) is 17.4 Å². The number of rotatable bonds is 3. The van der Waals surface area contributed by atoms with Crippen molar-refractivity contribution in [2.75, 3.05) is 5.32 Å². The highest BCUT2D eigenvalue weighted by atomic mass is 32.1. The lowest BCUT2D eigenvalue weighted by molar-refractivity contribution is 0.102. The van der Waals surface area contributed by atoms with Crippen molar-refractivity contribution in [3.8, 4) is 10.7 Å². The molecule has 1 aromatic carbocycles. The SMILES string of the molecule is Cc1nc(-c2cc(NC(=O)c3ccccc3F)c(C)s2)no1. The Hall–Kier alpha value is -2.54. The van der Waals surface area contributed by atoms with Crippen molar-refractivity contribution in [2.45, 2.75) is 13.8 Å². The molecule has 2 aromatic heterocycles. The van der Waals surface area contributed by atoms with Crippen LogP contribution in [-0.4, -0.2) is 16.0 Å². The average Bonchev–Trinajstić information content (AvgIpc) is 3.06. The van der Waals surface area contributed by atoms with Gasteiger partial charge in [0.25, 0.3) is 5.91 Å². The van der Waals surface area contributed by atoms with E-state index in [2.05, 4.69) is 15.5 Å². The van der Waals surface area contributed by atoms with E-state index in [1.165, 1.54) is 23.5 Å². The van der Waals surface area contributed by atoms with Crippen molar-refractivity contribution in [1.29, 1.82) is 0 Å². The summed E-state index contributed by atoms with van der Waals surface area (Å²) in [4.78, 5) is 17.9. The largest absolute Gasteiger partial charge is 0.339 e. The summed E-state index contributed by atoms with van der Waals surface area (Å²) in [5, 5.41) is 6.55. The molecule has 0 fully saturated rings. The number of hydrogen-bond donors (Lipinski definition) is 1. The van der Waals surface area contributed by atoms with Crippen molar-refractivity contribution in [2.24, 2.45) is 0 Å². The fourth-order valence-electron chi connectivity index (χ4n) is 1.95. The Morgan fingerprint density at radius 3 is 2.77 bits per heavy atom. The first kappa shape index (κ1) is 14.4. The first-order valence-electron chi connectivity index (χ1n) is 6.51. The Kier molecular flexibility index (Phi) is 3.72. The summed E-state index contributed by atoms with van der Waals surface area (Å²) in [5.41, 5.74) is 0.612. The molecule has 0 radical (unpaired) electrons. The summed E-state index contributed by atoms with van der Waals surface area (Å²) in [6.07, 6.45) is 0. The summed E-state index contributed by atoms with van der Waals surface area (Å²) < 4.78 is 18.6. The van der Waals surface area contributed by atoms with Crippen LogP contribution in [0.15, 0.2) is 34.9 Å². The van der Waals surface area contributed by atoms with Gasteiger partial charge in [0, 0.05) is 11.8 Å². The number of anilines is 1. The van der Waals surface area contributed by atoms with Crippen LogP contribution >= 0.6 is 11.3 Å². The maximum Gasteiger partial charge on any atom is 0.258 e. The molecule has 1 amide bonds. The number of carbonyl (C=O) groups excluding carboxylic acids is 1. The number of aromatic nitrogens is 2. The van der Waals surface area contributed by atoms with Gasteiger partial charge in [0.05, 0.1) is 16.1 Å². The molecule has 1 N–H and O–H groups in total. The molecule has 0 saturated carbocycles. The van der Waals surface area contributed by atoms with E-state index in [-0.39, 0.29) is 5.56 Å². The molecule has 0 aliphatic carbocycles. The fourth-order valence-corrected chi connectivity index (χ4v) is 2.85. The number of carbonyl (C=O) groups is 1. The number of halogens is 1. The van der Waals surface area contributed by atoms with E-state index >= 15 is 0 Å². The molecule has 0 atom stereocenters. The number of amides is 1. The maximum absolute atomic E-state index is 13.6. The van der Waals surface area contributed by atoms with Gasteiger partial charge in [-0.25, -0.2) is 4.39 Å². The van der Waals surface area contributed by atoms with Gasteiger partial charge in [0.2, 0.25) is 11.7 Å².